The molecule has 0 saturated carbocycles. The number of aromatic carboxylic acids is 1. The maximum absolute atomic E-state index is 12.7. The van der Waals surface area contributed by atoms with Crippen LogP contribution in [0.4, 0.5) is 4.79 Å². The Balaban J connectivity index is 1.57. The number of halogens is 1. The molecule has 0 atom stereocenters. The molecule has 8 heteroatoms. The molecular weight excluding hydrogens is 470 g/mol. The average molecular weight is 484 g/mol. The van der Waals surface area contributed by atoms with Gasteiger partial charge in [0.2, 0.25) is 0 Å². The third kappa shape index (κ3) is 4.10. The number of carbonyl (C=O) groups excluding carboxylic acids is 2. The number of carboxylic acid groups (broad SMARTS) is 1. The zero-order valence-electron chi connectivity index (χ0n) is 15.4. The number of carbonyl (C=O) groups is 3. The summed E-state index contributed by atoms with van der Waals surface area (Å²) in [4.78, 5) is 37.9. The largest absolute Gasteiger partial charge is 0.478 e. The van der Waals surface area contributed by atoms with Crippen molar-refractivity contribution >= 4 is 50.9 Å². The molecule has 4 rings (SSSR count). The van der Waals surface area contributed by atoms with Crippen LogP contribution >= 0.6 is 27.7 Å². The Labute approximate surface area is 184 Å². The van der Waals surface area contributed by atoms with E-state index in [-0.39, 0.29) is 22.3 Å². The summed E-state index contributed by atoms with van der Waals surface area (Å²) in [5.41, 5.74) is 1.39. The standard InChI is InChI=1S/C22H14BrNO5S/c23-14-5-3-4-13(10-14)12-24-20(25)19(30-22(24)28)11-15-8-9-18(29-15)16-6-1-2-7-17(16)21(26)27/h1-11H,12H2,(H,26,27)/b19-11-. The first kappa shape index (κ1) is 20.2. The fourth-order valence-corrected chi connectivity index (χ4v) is 4.31. The second-order valence-electron chi connectivity index (χ2n) is 6.45. The smallest absolute Gasteiger partial charge is 0.336 e. The molecule has 1 aromatic heterocycles. The van der Waals surface area contributed by atoms with E-state index in [1.165, 1.54) is 17.0 Å². The van der Waals surface area contributed by atoms with Gasteiger partial charge < -0.3 is 9.52 Å². The van der Waals surface area contributed by atoms with Crippen LogP contribution in [0.5, 0.6) is 0 Å². The molecule has 0 bridgehead atoms. The van der Waals surface area contributed by atoms with Crippen LogP contribution < -0.4 is 0 Å². The fourth-order valence-electron chi connectivity index (χ4n) is 3.04. The normalized spacial score (nSPS) is 15.2. The second kappa shape index (κ2) is 8.33. The van der Waals surface area contributed by atoms with E-state index in [2.05, 4.69) is 15.9 Å². The van der Waals surface area contributed by atoms with Crippen LogP contribution in [0.2, 0.25) is 0 Å². The second-order valence-corrected chi connectivity index (χ2v) is 8.36. The number of thioether (sulfide) groups is 1. The number of nitrogens with zero attached hydrogens (tertiary/aromatic N) is 1. The number of hydrogen-bond donors (Lipinski definition) is 1. The molecule has 1 aliphatic heterocycles. The lowest BCUT2D eigenvalue weighted by atomic mass is 10.1. The molecule has 0 aliphatic carbocycles. The van der Waals surface area contributed by atoms with Crippen molar-refractivity contribution in [2.75, 3.05) is 0 Å². The van der Waals surface area contributed by atoms with Gasteiger partial charge in [-0.2, -0.15) is 0 Å². The van der Waals surface area contributed by atoms with Gasteiger partial charge in [0.05, 0.1) is 17.0 Å². The molecular formula is C22H14BrNO5S. The first-order valence-corrected chi connectivity index (χ1v) is 10.5. The summed E-state index contributed by atoms with van der Waals surface area (Å²) in [6.07, 6.45) is 1.50. The minimum Gasteiger partial charge on any atom is -0.478 e. The molecule has 2 aromatic carbocycles. The van der Waals surface area contributed by atoms with E-state index in [4.69, 9.17) is 4.42 Å². The predicted octanol–water partition coefficient (Wildman–Crippen LogP) is 5.64. The van der Waals surface area contributed by atoms with Crippen molar-refractivity contribution in [2.45, 2.75) is 6.54 Å². The zero-order chi connectivity index (χ0) is 21.3. The Morgan fingerprint density at radius 3 is 2.67 bits per heavy atom. The Kier molecular flexibility index (Phi) is 5.61. The van der Waals surface area contributed by atoms with Crippen LogP contribution in [0, 0.1) is 0 Å². The number of benzene rings is 2. The minimum absolute atomic E-state index is 0.118. The van der Waals surface area contributed by atoms with E-state index in [9.17, 15) is 19.5 Å². The quantitative estimate of drug-likeness (QED) is 0.472. The molecule has 1 fully saturated rings. The number of hydrogen-bond acceptors (Lipinski definition) is 5. The van der Waals surface area contributed by atoms with Crippen LogP contribution in [0.25, 0.3) is 17.4 Å². The van der Waals surface area contributed by atoms with E-state index in [1.807, 2.05) is 24.3 Å². The van der Waals surface area contributed by atoms with Crippen molar-refractivity contribution in [1.82, 2.24) is 4.90 Å². The highest BCUT2D eigenvalue weighted by atomic mass is 79.9. The van der Waals surface area contributed by atoms with Crippen LogP contribution in [0.1, 0.15) is 21.7 Å². The van der Waals surface area contributed by atoms with Crippen molar-refractivity contribution in [3.63, 3.8) is 0 Å². The van der Waals surface area contributed by atoms with Gasteiger partial charge in [-0.15, -0.1) is 0 Å². The first-order chi connectivity index (χ1) is 14.4. The topological polar surface area (TPSA) is 87.8 Å². The highest BCUT2D eigenvalue weighted by molar-refractivity contribution is 9.10. The Morgan fingerprint density at radius 1 is 1.10 bits per heavy atom. The van der Waals surface area contributed by atoms with Gasteiger partial charge in [-0.25, -0.2) is 4.79 Å². The molecule has 0 unspecified atom stereocenters. The summed E-state index contributed by atoms with van der Waals surface area (Å²) in [6.45, 7) is 0.177. The molecule has 0 spiro atoms. The third-order valence-electron chi connectivity index (χ3n) is 4.43. The van der Waals surface area contributed by atoms with E-state index in [1.54, 1.807) is 30.3 Å². The predicted molar refractivity (Wildman–Crippen MR) is 117 cm³/mol. The highest BCUT2D eigenvalue weighted by Crippen LogP contribution is 2.35. The summed E-state index contributed by atoms with van der Waals surface area (Å²) in [5, 5.41) is 8.99. The Hall–Kier alpha value is -3.10. The number of rotatable bonds is 5. The summed E-state index contributed by atoms with van der Waals surface area (Å²) in [7, 11) is 0. The van der Waals surface area contributed by atoms with Gasteiger partial charge in [0.1, 0.15) is 11.5 Å². The summed E-state index contributed by atoms with van der Waals surface area (Å²) < 4.78 is 6.60. The molecule has 30 heavy (non-hydrogen) atoms. The van der Waals surface area contributed by atoms with Crippen molar-refractivity contribution < 1.29 is 23.9 Å². The van der Waals surface area contributed by atoms with Gasteiger partial charge in [-0.05, 0) is 47.7 Å². The first-order valence-electron chi connectivity index (χ1n) is 8.85. The molecule has 6 nitrogen and oxygen atoms in total. The van der Waals surface area contributed by atoms with E-state index in [0.29, 0.717) is 17.1 Å². The summed E-state index contributed by atoms with van der Waals surface area (Å²) in [6, 6.07) is 17.2. The van der Waals surface area contributed by atoms with E-state index < -0.39 is 11.9 Å². The lowest BCUT2D eigenvalue weighted by molar-refractivity contribution is -0.123. The SMILES string of the molecule is O=C(O)c1ccccc1-c1ccc(/C=C2\SC(=O)N(Cc3cccc(Br)c3)C2=O)o1. The maximum atomic E-state index is 12.7. The number of carboxylic acids is 1. The van der Waals surface area contributed by atoms with Crippen molar-refractivity contribution in [3.8, 4) is 11.3 Å². The molecule has 3 aromatic rings. The summed E-state index contributed by atoms with van der Waals surface area (Å²) >= 11 is 4.23. The van der Waals surface area contributed by atoms with E-state index in [0.717, 1.165) is 21.8 Å². The third-order valence-corrected chi connectivity index (χ3v) is 5.83. The van der Waals surface area contributed by atoms with Crippen molar-refractivity contribution in [2.24, 2.45) is 0 Å². The zero-order valence-corrected chi connectivity index (χ0v) is 17.8. The lowest BCUT2D eigenvalue weighted by Gasteiger charge is -2.12. The maximum Gasteiger partial charge on any atom is 0.336 e. The van der Waals surface area contributed by atoms with E-state index >= 15 is 0 Å². The average Bonchev–Trinajstić information content (AvgIpc) is 3.28. The number of furan rings is 1. The van der Waals surface area contributed by atoms with Crippen molar-refractivity contribution in [1.29, 1.82) is 0 Å². The Morgan fingerprint density at radius 2 is 1.90 bits per heavy atom. The molecule has 1 N–H and O–H groups in total. The van der Waals surface area contributed by atoms with Crippen LogP contribution in [0.3, 0.4) is 0 Å². The van der Waals surface area contributed by atoms with Gasteiger partial charge in [0.25, 0.3) is 11.1 Å². The van der Waals surface area contributed by atoms with Gasteiger partial charge in [-0.1, -0.05) is 46.3 Å². The van der Waals surface area contributed by atoms with Gasteiger partial charge in [-0.3, -0.25) is 14.5 Å². The van der Waals surface area contributed by atoms with Crippen LogP contribution in [0.15, 0.2) is 74.5 Å². The van der Waals surface area contributed by atoms with Crippen molar-refractivity contribution in [3.05, 3.63) is 86.9 Å². The number of imide groups is 1. The van der Waals surface area contributed by atoms with Crippen LogP contribution in [-0.4, -0.2) is 27.1 Å². The van der Waals surface area contributed by atoms with Gasteiger partial charge in [0.15, 0.2) is 0 Å². The molecule has 2 amide bonds. The summed E-state index contributed by atoms with van der Waals surface area (Å²) in [5.74, 6) is -0.725. The highest BCUT2D eigenvalue weighted by Gasteiger charge is 2.35. The fraction of sp³-hybridized carbons (Fsp3) is 0.0455. The van der Waals surface area contributed by atoms with Crippen LogP contribution in [-0.2, 0) is 11.3 Å². The van der Waals surface area contributed by atoms with Gasteiger partial charge >= 0.3 is 5.97 Å². The molecule has 0 radical (unpaired) electrons. The minimum atomic E-state index is -1.06. The monoisotopic (exact) mass is 483 g/mol. The Bertz CT molecular complexity index is 1200. The molecule has 1 aliphatic rings. The lowest BCUT2D eigenvalue weighted by Crippen LogP contribution is -2.27. The molecule has 2 heterocycles. The molecule has 1 saturated heterocycles. The van der Waals surface area contributed by atoms with Gasteiger partial charge in [0, 0.05) is 16.1 Å². The number of amides is 2. The molecule has 150 valence electrons.